The Morgan fingerprint density at radius 3 is 2.62 bits per heavy atom. The average molecular weight is 458 g/mol. The molecule has 0 amide bonds. The fourth-order valence-electron chi connectivity index (χ4n) is 2.16. The third-order valence-electron chi connectivity index (χ3n) is 3.72. The lowest BCUT2D eigenvalue weighted by Gasteiger charge is -2.23. The van der Waals surface area contributed by atoms with Crippen LogP contribution in [0.5, 0.6) is 5.75 Å². The van der Waals surface area contributed by atoms with Gasteiger partial charge in [0.1, 0.15) is 0 Å². The molecular weight excluding hydrogens is 436 g/mol. The van der Waals surface area contributed by atoms with Crippen molar-refractivity contribution in [3.8, 4) is 5.75 Å². The maximum absolute atomic E-state index is 12.4. The van der Waals surface area contributed by atoms with E-state index in [1.165, 1.54) is 31.0 Å². The standard InChI is InChI=1S/C15H21F3N4O.HI/c1-10(22(2)11-7-8-11)9-20-14(19)21-12-5-3-4-6-13(12)23-15(16,17)18;/h3-6,10-11H,7-9H2,1-2H3,(H3,19,20,21);1H. The van der Waals surface area contributed by atoms with Crippen molar-refractivity contribution >= 4 is 35.6 Å². The minimum absolute atomic E-state index is 0. The highest BCUT2D eigenvalue weighted by atomic mass is 127. The summed E-state index contributed by atoms with van der Waals surface area (Å²) in [6.07, 6.45) is -2.37. The molecule has 1 fully saturated rings. The molecule has 0 bridgehead atoms. The number of nitrogens with one attached hydrogen (secondary N) is 1. The van der Waals surface area contributed by atoms with Gasteiger partial charge < -0.3 is 15.8 Å². The van der Waals surface area contributed by atoms with Gasteiger partial charge in [-0.1, -0.05) is 12.1 Å². The zero-order valence-electron chi connectivity index (χ0n) is 13.5. The van der Waals surface area contributed by atoms with Gasteiger partial charge in [-0.25, -0.2) is 0 Å². The van der Waals surface area contributed by atoms with Crippen LogP contribution in [0, 0.1) is 0 Å². The second-order valence-electron chi connectivity index (χ2n) is 5.64. The Bertz CT molecular complexity index is 564. The predicted molar refractivity (Wildman–Crippen MR) is 98.9 cm³/mol. The van der Waals surface area contributed by atoms with Gasteiger partial charge in [0, 0.05) is 12.1 Å². The van der Waals surface area contributed by atoms with Crippen molar-refractivity contribution in [2.45, 2.75) is 38.2 Å². The molecule has 5 nitrogen and oxygen atoms in total. The van der Waals surface area contributed by atoms with Crippen LogP contribution in [0.25, 0.3) is 0 Å². The molecule has 24 heavy (non-hydrogen) atoms. The van der Waals surface area contributed by atoms with Crippen molar-refractivity contribution in [2.75, 3.05) is 18.9 Å². The summed E-state index contributed by atoms with van der Waals surface area (Å²) in [6, 6.07) is 6.52. The Balaban J connectivity index is 0.00000288. The largest absolute Gasteiger partial charge is 0.573 e. The lowest BCUT2D eigenvalue weighted by atomic mass is 10.3. The van der Waals surface area contributed by atoms with Gasteiger partial charge in [0.15, 0.2) is 11.7 Å². The number of halogens is 4. The SMILES string of the molecule is CC(CN=C(N)Nc1ccccc1OC(F)(F)F)N(C)C1CC1.I. The van der Waals surface area contributed by atoms with Gasteiger partial charge in [-0.3, -0.25) is 9.89 Å². The molecule has 1 saturated carbocycles. The molecule has 3 N–H and O–H groups in total. The number of ether oxygens (including phenoxy) is 1. The van der Waals surface area contributed by atoms with Crippen LogP contribution in [-0.2, 0) is 0 Å². The van der Waals surface area contributed by atoms with Gasteiger partial charge in [0.05, 0.1) is 12.2 Å². The Labute approximate surface area is 156 Å². The Hall–Kier alpha value is -1.23. The first-order valence-electron chi connectivity index (χ1n) is 7.40. The van der Waals surface area contributed by atoms with Crippen LogP contribution in [0.15, 0.2) is 29.3 Å². The zero-order chi connectivity index (χ0) is 17.0. The number of nitrogens with zero attached hydrogens (tertiary/aromatic N) is 2. The van der Waals surface area contributed by atoms with E-state index in [0.29, 0.717) is 12.6 Å². The topological polar surface area (TPSA) is 62.9 Å². The van der Waals surface area contributed by atoms with Gasteiger partial charge in [-0.15, -0.1) is 37.1 Å². The third kappa shape index (κ3) is 6.71. The molecular formula is C15H22F3IN4O. The van der Waals surface area contributed by atoms with E-state index in [4.69, 9.17) is 5.73 Å². The van der Waals surface area contributed by atoms with E-state index in [2.05, 4.69) is 19.9 Å². The predicted octanol–water partition coefficient (Wildman–Crippen LogP) is 3.41. The molecule has 0 aromatic heterocycles. The van der Waals surface area contributed by atoms with E-state index < -0.39 is 6.36 Å². The second kappa shape index (κ2) is 8.75. The minimum atomic E-state index is -4.76. The normalized spacial score (nSPS) is 16.5. The molecule has 0 radical (unpaired) electrons. The van der Waals surface area contributed by atoms with Crippen LogP contribution in [-0.4, -0.2) is 42.9 Å². The lowest BCUT2D eigenvalue weighted by Crippen LogP contribution is -2.34. The highest BCUT2D eigenvalue weighted by molar-refractivity contribution is 14.0. The molecule has 1 unspecified atom stereocenters. The van der Waals surface area contributed by atoms with Gasteiger partial charge in [-0.2, -0.15) is 0 Å². The first-order chi connectivity index (χ1) is 10.8. The number of aliphatic imine (C=N–C) groups is 1. The Kier molecular flexibility index (Phi) is 7.58. The van der Waals surface area contributed by atoms with Crippen molar-refractivity contribution in [2.24, 2.45) is 10.7 Å². The molecule has 136 valence electrons. The molecule has 1 atom stereocenters. The molecule has 0 spiro atoms. The highest BCUT2D eigenvalue weighted by Crippen LogP contribution is 2.30. The van der Waals surface area contributed by atoms with E-state index in [0.717, 1.165) is 0 Å². The van der Waals surface area contributed by atoms with E-state index in [1.807, 2.05) is 14.0 Å². The molecule has 1 aromatic rings. The number of hydrogen-bond acceptors (Lipinski definition) is 3. The van der Waals surface area contributed by atoms with E-state index >= 15 is 0 Å². The number of anilines is 1. The summed E-state index contributed by atoms with van der Waals surface area (Å²) in [4.78, 5) is 6.43. The number of nitrogens with two attached hydrogens (primary N) is 1. The van der Waals surface area contributed by atoms with E-state index in [1.54, 1.807) is 6.07 Å². The summed E-state index contributed by atoms with van der Waals surface area (Å²) in [5.41, 5.74) is 5.88. The van der Waals surface area contributed by atoms with Crippen molar-refractivity contribution in [1.82, 2.24) is 4.90 Å². The fourth-order valence-corrected chi connectivity index (χ4v) is 2.16. The number of likely N-dealkylation sites (N-methyl/N-ethyl adjacent to an activating group) is 1. The number of para-hydroxylation sites is 2. The maximum atomic E-state index is 12.4. The molecule has 1 aliphatic carbocycles. The first-order valence-corrected chi connectivity index (χ1v) is 7.40. The first kappa shape index (κ1) is 20.8. The third-order valence-corrected chi connectivity index (χ3v) is 3.72. The molecule has 1 aromatic carbocycles. The monoisotopic (exact) mass is 458 g/mol. The number of rotatable bonds is 6. The van der Waals surface area contributed by atoms with Gasteiger partial charge in [-0.05, 0) is 38.9 Å². The molecule has 0 saturated heterocycles. The van der Waals surface area contributed by atoms with Crippen LogP contribution in [0.1, 0.15) is 19.8 Å². The fraction of sp³-hybridized carbons (Fsp3) is 0.533. The van der Waals surface area contributed by atoms with E-state index in [9.17, 15) is 13.2 Å². The Morgan fingerprint density at radius 1 is 1.42 bits per heavy atom. The lowest BCUT2D eigenvalue weighted by molar-refractivity contribution is -0.274. The molecule has 1 aliphatic rings. The summed E-state index contributed by atoms with van der Waals surface area (Å²) in [5.74, 6) is -0.291. The van der Waals surface area contributed by atoms with Crippen molar-refractivity contribution in [3.63, 3.8) is 0 Å². The highest BCUT2D eigenvalue weighted by Gasteiger charge is 2.32. The van der Waals surface area contributed by atoms with Crippen molar-refractivity contribution in [1.29, 1.82) is 0 Å². The smallest absolute Gasteiger partial charge is 0.404 e. The van der Waals surface area contributed by atoms with E-state index in [-0.39, 0.29) is 47.4 Å². The molecule has 2 rings (SSSR count). The summed E-state index contributed by atoms with van der Waals surface area (Å²) in [5, 5.41) is 2.66. The minimum Gasteiger partial charge on any atom is -0.404 e. The van der Waals surface area contributed by atoms with Crippen LogP contribution >= 0.6 is 24.0 Å². The number of hydrogen-bond donors (Lipinski definition) is 2. The number of guanidine groups is 1. The molecule has 9 heteroatoms. The number of benzene rings is 1. The van der Waals surface area contributed by atoms with Gasteiger partial charge >= 0.3 is 6.36 Å². The van der Waals surface area contributed by atoms with Crippen molar-refractivity contribution < 1.29 is 17.9 Å². The van der Waals surface area contributed by atoms with Gasteiger partial charge in [0.2, 0.25) is 0 Å². The average Bonchev–Trinajstić information content (AvgIpc) is 3.29. The van der Waals surface area contributed by atoms with Crippen LogP contribution < -0.4 is 15.8 Å². The Morgan fingerprint density at radius 2 is 2.04 bits per heavy atom. The zero-order valence-corrected chi connectivity index (χ0v) is 15.8. The maximum Gasteiger partial charge on any atom is 0.573 e. The number of alkyl halides is 3. The molecule has 0 aliphatic heterocycles. The summed E-state index contributed by atoms with van der Waals surface area (Å²) in [6.45, 7) is 2.50. The van der Waals surface area contributed by atoms with Crippen LogP contribution in [0.2, 0.25) is 0 Å². The second-order valence-corrected chi connectivity index (χ2v) is 5.64. The van der Waals surface area contributed by atoms with Crippen molar-refractivity contribution in [3.05, 3.63) is 24.3 Å². The summed E-state index contributed by atoms with van der Waals surface area (Å²) < 4.78 is 41.1. The molecule has 0 heterocycles. The quantitative estimate of drug-likeness (QED) is 0.390. The van der Waals surface area contributed by atoms with Gasteiger partial charge in [0.25, 0.3) is 0 Å². The summed E-state index contributed by atoms with van der Waals surface area (Å²) >= 11 is 0. The summed E-state index contributed by atoms with van der Waals surface area (Å²) in [7, 11) is 2.04. The van der Waals surface area contributed by atoms with Crippen LogP contribution in [0.4, 0.5) is 18.9 Å². The van der Waals surface area contributed by atoms with Crippen LogP contribution in [0.3, 0.4) is 0 Å².